The smallest absolute Gasteiger partial charge is 0.333 e. The molecule has 4 N–H and O–H groups in total. The number of aromatic amines is 1. The van der Waals surface area contributed by atoms with Crippen molar-refractivity contribution in [2.75, 3.05) is 6.61 Å². The average molecular weight is 442 g/mol. The van der Waals surface area contributed by atoms with Crippen molar-refractivity contribution in [3.63, 3.8) is 0 Å². The molecule has 10 heteroatoms. The van der Waals surface area contributed by atoms with Gasteiger partial charge in [0.15, 0.2) is 0 Å². The zero-order valence-electron chi connectivity index (χ0n) is 16.9. The fraction of sp³-hybridized carbons (Fsp3) is 0.333. The summed E-state index contributed by atoms with van der Waals surface area (Å²) in [5.74, 6) is -0.321. The molecule has 3 aromatic heterocycles. The summed E-state index contributed by atoms with van der Waals surface area (Å²) in [6.07, 6.45) is 3.85. The number of rotatable bonds is 5. The van der Waals surface area contributed by atoms with Crippen LogP contribution in [0.1, 0.15) is 24.4 Å². The molecular formula is C21H23N5O4S. The number of hydrogen-bond donors (Lipinski definition) is 3. The van der Waals surface area contributed by atoms with Crippen molar-refractivity contribution < 1.29 is 17.7 Å². The second-order valence-corrected chi connectivity index (χ2v) is 9.30. The number of benzene rings is 1. The van der Waals surface area contributed by atoms with Crippen molar-refractivity contribution in [3.05, 3.63) is 48.4 Å². The number of aromatic nitrogens is 4. The second-order valence-electron chi connectivity index (χ2n) is 8.08. The van der Waals surface area contributed by atoms with E-state index in [1.807, 2.05) is 35.0 Å². The number of para-hydroxylation sites is 1. The van der Waals surface area contributed by atoms with E-state index in [0.29, 0.717) is 12.8 Å². The quantitative estimate of drug-likeness (QED) is 0.435. The van der Waals surface area contributed by atoms with Gasteiger partial charge in [-0.15, -0.1) is 0 Å². The summed E-state index contributed by atoms with van der Waals surface area (Å²) >= 11 is 0. The summed E-state index contributed by atoms with van der Waals surface area (Å²) in [4.78, 5) is 12.5. The van der Waals surface area contributed by atoms with Gasteiger partial charge >= 0.3 is 10.3 Å². The molecule has 1 aromatic carbocycles. The molecule has 0 aliphatic heterocycles. The van der Waals surface area contributed by atoms with Crippen LogP contribution in [0.3, 0.4) is 0 Å². The zero-order chi connectivity index (χ0) is 21.8. The molecule has 3 heterocycles. The largest absolute Gasteiger partial charge is 0.393 e. The Kier molecular flexibility index (Phi) is 4.82. The van der Waals surface area contributed by atoms with Crippen LogP contribution >= 0.6 is 0 Å². The molecule has 3 atom stereocenters. The van der Waals surface area contributed by atoms with Gasteiger partial charge in [0.1, 0.15) is 12.0 Å². The van der Waals surface area contributed by atoms with Crippen molar-refractivity contribution in [2.24, 2.45) is 11.1 Å². The van der Waals surface area contributed by atoms with Gasteiger partial charge in [-0.05, 0) is 37.5 Å². The van der Waals surface area contributed by atoms with E-state index in [-0.39, 0.29) is 18.6 Å². The van der Waals surface area contributed by atoms with Crippen molar-refractivity contribution in [1.82, 2.24) is 19.5 Å². The zero-order valence-corrected chi connectivity index (χ0v) is 17.7. The van der Waals surface area contributed by atoms with Crippen LogP contribution in [0.15, 0.2) is 42.9 Å². The number of aryl methyl sites for hydroxylation is 1. The molecule has 0 radical (unpaired) electrons. The molecule has 4 aromatic rings. The molecule has 1 aliphatic rings. The Morgan fingerprint density at radius 1 is 1.23 bits per heavy atom. The van der Waals surface area contributed by atoms with E-state index in [1.54, 1.807) is 6.33 Å². The summed E-state index contributed by atoms with van der Waals surface area (Å²) in [5.41, 5.74) is 4.73. The van der Waals surface area contributed by atoms with Gasteiger partial charge in [0.05, 0.1) is 24.1 Å². The van der Waals surface area contributed by atoms with Gasteiger partial charge in [0.25, 0.3) is 0 Å². The molecular weight excluding hydrogens is 418 g/mol. The van der Waals surface area contributed by atoms with Gasteiger partial charge in [-0.2, -0.15) is 8.42 Å². The van der Waals surface area contributed by atoms with Gasteiger partial charge in [0, 0.05) is 34.4 Å². The van der Waals surface area contributed by atoms with E-state index in [1.165, 1.54) is 0 Å². The van der Waals surface area contributed by atoms with Crippen molar-refractivity contribution >= 4 is 32.2 Å². The first-order valence-electron chi connectivity index (χ1n) is 10.1. The lowest BCUT2D eigenvalue weighted by Crippen LogP contribution is -2.24. The molecule has 1 aliphatic carbocycles. The maximum atomic E-state index is 11.1. The number of nitrogens with one attached hydrogen (secondary N) is 1. The lowest BCUT2D eigenvalue weighted by molar-refractivity contribution is 0.100. The first-order valence-corrected chi connectivity index (χ1v) is 11.5. The minimum Gasteiger partial charge on any atom is -0.393 e. The highest BCUT2D eigenvalue weighted by molar-refractivity contribution is 7.84. The number of hydrogen-bond acceptors (Lipinski definition) is 6. The van der Waals surface area contributed by atoms with Crippen LogP contribution in [-0.4, -0.2) is 45.8 Å². The minimum absolute atomic E-state index is 0.0341. The van der Waals surface area contributed by atoms with Crippen LogP contribution in [-0.2, 0) is 14.5 Å². The predicted molar refractivity (Wildman–Crippen MR) is 116 cm³/mol. The molecule has 1 fully saturated rings. The van der Waals surface area contributed by atoms with Crippen molar-refractivity contribution in [2.45, 2.75) is 31.9 Å². The van der Waals surface area contributed by atoms with E-state index in [9.17, 15) is 13.5 Å². The minimum atomic E-state index is -4.03. The number of H-pyrrole nitrogens is 1. The van der Waals surface area contributed by atoms with Gasteiger partial charge in [-0.25, -0.2) is 15.1 Å². The summed E-state index contributed by atoms with van der Waals surface area (Å²) in [6.45, 7) is 1.94. The number of aliphatic hydroxyl groups is 1. The lowest BCUT2D eigenvalue weighted by atomic mass is 10.1. The van der Waals surface area contributed by atoms with E-state index in [0.717, 1.165) is 38.9 Å². The van der Waals surface area contributed by atoms with Gasteiger partial charge in [-0.1, -0.05) is 18.2 Å². The van der Waals surface area contributed by atoms with Crippen LogP contribution in [0.4, 0.5) is 0 Å². The number of aliphatic hydroxyl groups excluding tert-OH is 1. The average Bonchev–Trinajstić information content (AvgIpc) is 3.41. The fourth-order valence-corrected chi connectivity index (χ4v) is 5.01. The van der Waals surface area contributed by atoms with E-state index in [2.05, 4.69) is 27.9 Å². The molecule has 162 valence electrons. The molecule has 0 amide bonds. The van der Waals surface area contributed by atoms with Gasteiger partial charge < -0.3 is 14.7 Å². The van der Waals surface area contributed by atoms with E-state index < -0.39 is 16.4 Å². The van der Waals surface area contributed by atoms with Crippen molar-refractivity contribution in [3.8, 4) is 11.4 Å². The van der Waals surface area contributed by atoms with Gasteiger partial charge in [0.2, 0.25) is 0 Å². The van der Waals surface area contributed by atoms with Crippen LogP contribution in [0.5, 0.6) is 0 Å². The Morgan fingerprint density at radius 3 is 2.81 bits per heavy atom. The van der Waals surface area contributed by atoms with E-state index >= 15 is 0 Å². The summed E-state index contributed by atoms with van der Waals surface area (Å²) in [7, 11) is -4.03. The SMILES string of the molecule is Cc1c(-c2ncnc3c2ccn3[C@@H]2C[C@@H](COS(N)(=O)=O)[C@@H](O)C2)[nH]c2ccccc12. The third-order valence-corrected chi connectivity index (χ3v) is 6.65. The predicted octanol–water partition coefficient (Wildman–Crippen LogP) is 2.42. The maximum Gasteiger partial charge on any atom is 0.333 e. The molecule has 0 saturated heterocycles. The summed E-state index contributed by atoms with van der Waals surface area (Å²) in [6, 6.07) is 10.1. The Morgan fingerprint density at radius 2 is 2.03 bits per heavy atom. The number of nitrogens with zero attached hydrogens (tertiary/aromatic N) is 3. The Balaban J connectivity index is 1.49. The molecule has 0 unspecified atom stereocenters. The molecule has 5 rings (SSSR count). The van der Waals surface area contributed by atoms with Crippen LogP contribution in [0.25, 0.3) is 33.3 Å². The lowest BCUT2D eigenvalue weighted by Gasteiger charge is -2.14. The third-order valence-electron chi connectivity index (χ3n) is 6.18. The van der Waals surface area contributed by atoms with E-state index in [4.69, 9.17) is 9.32 Å². The highest BCUT2D eigenvalue weighted by atomic mass is 32.2. The Labute approximate surface area is 179 Å². The molecule has 0 bridgehead atoms. The highest BCUT2D eigenvalue weighted by Crippen LogP contribution is 2.39. The van der Waals surface area contributed by atoms with Crippen molar-refractivity contribution in [1.29, 1.82) is 0 Å². The first-order chi connectivity index (χ1) is 14.8. The monoisotopic (exact) mass is 441 g/mol. The topological polar surface area (TPSA) is 136 Å². The fourth-order valence-electron chi connectivity index (χ4n) is 4.65. The van der Waals surface area contributed by atoms with Gasteiger partial charge in [-0.3, -0.25) is 4.18 Å². The normalized spacial score (nSPS) is 22.0. The third kappa shape index (κ3) is 3.61. The molecule has 0 spiro atoms. The highest BCUT2D eigenvalue weighted by Gasteiger charge is 2.35. The first kappa shape index (κ1) is 20.1. The number of nitrogens with two attached hydrogens (primary N) is 1. The Hall–Kier alpha value is -2.79. The van der Waals surface area contributed by atoms with Crippen LogP contribution in [0, 0.1) is 12.8 Å². The Bertz CT molecular complexity index is 1380. The summed E-state index contributed by atoms with van der Waals surface area (Å²) < 4.78 is 28.9. The molecule has 1 saturated carbocycles. The second kappa shape index (κ2) is 7.41. The molecule has 31 heavy (non-hydrogen) atoms. The van der Waals surface area contributed by atoms with Crippen LogP contribution in [0.2, 0.25) is 0 Å². The maximum absolute atomic E-state index is 11.1. The summed E-state index contributed by atoms with van der Waals surface area (Å²) in [5, 5.41) is 17.4. The number of fused-ring (bicyclic) bond motifs is 2. The molecule has 9 nitrogen and oxygen atoms in total. The standard InChI is InChI=1S/C21H23N5O4S/c1-12-15-4-2-3-5-17(15)25-19(12)20-16-6-7-26(21(16)24-11-23-20)14-8-13(18(27)9-14)10-30-31(22,28)29/h2-7,11,13-14,18,25,27H,8-10H2,1H3,(H2,22,28,29)/t13-,14+,18-/m0/s1. The van der Waals surface area contributed by atoms with Crippen LogP contribution < -0.4 is 5.14 Å².